The molecule has 1 amide bonds. The number of carbonyl (C=O) groups is 1. The van der Waals surface area contributed by atoms with Crippen LogP contribution in [0.5, 0.6) is 0 Å². The van der Waals surface area contributed by atoms with Gasteiger partial charge in [-0.05, 0) is 25.8 Å². The number of anilines is 3. The van der Waals surface area contributed by atoms with Crippen LogP contribution in [0.2, 0.25) is 0 Å². The Hall–Kier alpha value is -3.86. The first-order valence-corrected chi connectivity index (χ1v) is 12.4. The molecule has 2 atom stereocenters. The number of nitrogens with one attached hydrogen (secondary N) is 3. The van der Waals surface area contributed by atoms with E-state index in [2.05, 4.69) is 36.1 Å². The molecule has 4 heterocycles. The lowest BCUT2D eigenvalue weighted by molar-refractivity contribution is -0.113. The lowest BCUT2D eigenvalue weighted by atomic mass is 9.81. The van der Waals surface area contributed by atoms with Gasteiger partial charge in [-0.1, -0.05) is 38.1 Å². The van der Waals surface area contributed by atoms with E-state index in [1.807, 2.05) is 46.8 Å². The topological polar surface area (TPSA) is 140 Å². The summed E-state index contributed by atoms with van der Waals surface area (Å²) in [6.45, 7) is 11.5. The quantitative estimate of drug-likeness (QED) is 0.451. The summed E-state index contributed by atoms with van der Waals surface area (Å²) in [4.78, 5) is 31.0. The molecule has 1 aliphatic carbocycles. The number of hydrogen-bond donors (Lipinski definition) is 3. The molecule has 5 rings (SSSR count). The van der Waals surface area contributed by atoms with Crippen LogP contribution in [-0.2, 0) is 14.9 Å². The second-order valence-corrected chi connectivity index (χ2v) is 10.8. The van der Waals surface area contributed by atoms with E-state index >= 15 is 0 Å². The number of amides is 1. The summed E-state index contributed by atoms with van der Waals surface area (Å²) in [5, 5.41) is 13.7. The average Bonchev–Trinajstić information content (AvgIpc) is 3.53. The lowest BCUT2D eigenvalue weighted by Crippen LogP contribution is -2.40. The average molecular weight is 505 g/mol. The van der Waals surface area contributed by atoms with Gasteiger partial charge < -0.3 is 25.2 Å². The van der Waals surface area contributed by atoms with Crippen molar-refractivity contribution in [2.24, 2.45) is 0 Å². The van der Waals surface area contributed by atoms with E-state index in [0.717, 1.165) is 18.6 Å². The summed E-state index contributed by atoms with van der Waals surface area (Å²) in [6, 6.07) is 1.94. The van der Waals surface area contributed by atoms with Crippen LogP contribution in [0.1, 0.15) is 53.2 Å². The van der Waals surface area contributed by atoms with E-state index in [9.17, 15) is 4.79 Å². The van der Waals surface area contributed by atoms with Crippen molar-refractivity contribution >= 4 is 34.5 Å². The SMILES string of the molecule is CC1=CC=C(C(=O)Nc2cc(C(C)(C)C)on2)CC1(C)Nc1ncnc2cnc(NC3CCOC3)nc12. The van der Waals surface area contributed by atoms with Crippen molar-refractivity contribution in [2.75, 3.05) is 29.2 Å². The maximum absolute atomic E-state index is 13.1. The summed E-state index contributed by atoms with van der Waals surface area (Å²) in [6.07, 6.45) is 8.29. The summed E-state index contributed by atoms with van der Waals surface area (Å²) in [5.74, 6) is 1.94. The lowest BCUT2D eigenvalue weighted by Gasteiger charge is -2.35. The van der Waals surface area contributed by atoms with Crippen LogP contribution < -0.4 is 16.0 Å². The van der Waals surface area contributed by atoms with Gasteiger partial charge in [-0.3, -0.25) is 4.79 Å². The molecule has 1 fully saturated rings. The van der Waals surface area contributed by atoms with Crippen molar-refractivity contribution in [1.29, 1.82) is 0 Å². The molecule has 0 saturated carbocycles. The molecule has 1 aliphatic heterocycles. The van der Waals surface area contributed by atoms with Gasteiger partial charge in [0.1, 0.15) is 23.1 Å². The monoisotopic (exact) mass is 504 g/mol. The summed E-state index contributed by atoms with van der Waals surface area (Å²) in [5.41, 5.74) is 2.11. The van der Waals surface area contributed by atoms with Gasteiger partial charge >= 0.3 is 0 Å². The fourth-order valence-electron chi connectivity index (χ4n) is 4.28. The highest BCUT2D eigenvalue weighted by Crippen LogP contribution is 2.34. The fraction of sp³-hybridized carbons (Fsp3) is 0.462. The maximum atomic E-state index is 13.1. The van der Waals surface area contributed by atoms with Crippen LogP contribution in [0, 0.1) is 0 Å². The summed E-state index contributed by atoms with van der Waals surface area (Å²) in [7, 11) is 0. The molecule has 11 heteroatoms. The van der Waals surface area contributed by atoms with E-state index < -0.39 is 5.54 Å². The molecule has 1 saturated heterocycles. The van der Waals surface area contributed by atoms with Crippen LogP contribution in [0.4, 0.5) is 17.6 Å². The van der Waals surface area contributed by atoms with Gasteiger partial charge in [0.05, 0.1) is 24.4 Å². The predicted molar refractivity (Wildman–Crippen MR) is 140 cm³/mol. The minimum absolute atomic E-state index is 0.176. The van der Waals surface area contributed by atoms with E-state index in [1.54, 1.807) is 12.3 Å². The molecule has 3 aromatic rings. The number of aromatic nitrogens is 5. The van der Waals surface area contributed by atoms with Crippen molar-refractivity contribution in [1.82, 2.24) is 25.1 Å². The van der Waals surface area contributed by atoms with E-state index in [1.165, 1.54) is 6.33 Å². The van der Waals surface area contributed by atoms with Gasteiger partial charge in [0, 0.05) is 30.1 Å². The molecule has 0 radical (unpaired) electrons. The van der Waals surface area contributed by atoms with Crippen LogP contribution in [-0.4, -0.2) is 55.8 Å². The first-order valence-electron chi connectivity index (χ1n) is 12.4. The number of nitrogens with zero attached hydrogens (tertiary/aromatic N) is 5. The molecule has 2 unspecified atom stereocenters. The first kappa shape index (κ1) is 24.8. The number of hydrogen-bond acceptors (Lipinski definition) is 10. The summed E-state index contributed by atoms with van der Waals surface area (Å²) < 4.78 is 10.8. The molecule has 194 valence electrons. The molecular weight excluding hydrogens is 472 g/mol. The van der Waals surface area contributed by atoms with Gasteiger partial charge in [-0.25, -0.2) is 19.9 Å². The molecule has 0 bridgehead atoms. The van der Waals surface area contributed by atoms with Crippen molar-refractivity contribution in [2.45, 2.75) is 64.5 Å². The van der Waals surface area contributed by atoms with Crippen LogP contribution >= 0.6 is 0 Å². The van der Waals surface area contributed by atoms with Crippen molar-refractivity contribution < 1.29 is 14.1 Å². The molecule has 11 nitrogen and oxygen atoms in total. The maximum Gasteiger partial charge on any atom is 0.252 e. The van der Waals surface area contributed by atoms with Gasteiger partial charge in [-0.15, -0.1) is 0 Å². The van der Waals surface area contributed by atoms with Crippen LogP contribution in [0.3, 0.4) is 0 Å². The zero-order chi connectivity index (χ0) is 26.2. The molecular formula is C26H32N8O3. The third-order valence-corrected chi connectivity index (χ3v) is 6.77. The van der Waals surface area contributed by atoms with E-state index in [4.69, 9.17) is 14.2 Å². The Morgan fingerprint density at radius 3 is 2.76 bits per heavy atom. The number of allylic oxidation sites excluding steroid dienone is 2. The zero-order valence-electron chi connectivity index (χ0n) is 21.8. The third-order valence-electron chi connectivity index (χ3n) is 6.77. The van der Waals surface area contributed by atoms with Crippen molar-refractivity contribution in [3.05, 3.63) is 47.6 Å². The molecule has 0 spiro atoms. The number of rotatable bonds is 6. The second-order valence-electron chi connectivity index (χ2n) is 10.8. The third kappa shape index (κ3) is 5.31. The summed E-state index contributed by atoms with van der Waals surface area (Å²) >= 11 is 0. The zero-order valence-corrected chi connectivity index (χ0v) is 21.8. The van der Waals surface area contributed by atoms with E-state index in [-0.39, 0.29) is 17.4 Å². The largest absolute Gasteiger partial charge is 0.379 e. The predicted octanol–water partition coefficient (Wildman–Crippen LogP) is 3.99. The highest BCUT2D eigenvalue weighted by molar-refractivity contribution is 6.04. The highest BCUT2D eigenvalue weighted by atomic mass is 16.5. The Morgan fingerprint density at radius 2 is 2.03 bits per heavy atom. The van der Waals surface area contributed by atoms with Crippen molar-refractivity contribution in [3.63, 3.8) is 0 Å². The first-order chi connectivity index (χ1) is 17.6. The van der Waals surface area contributed by atoms with Crippen LogP contribution in [0.15, 0.2) is 46.4 Å². The Balaban J connectivity index is 1.35. The Bertz CT molecular complexity index is 1380. The molecule has 0 aromatic carbocycles. The van der Waals surface area contributed by atoms with Gasteiger partial charge in [0.25, 0.3) is 5.91 Å². The second kappa shape index (κ2) is 9.55. The number of fused-ring (bicyclic) bond motifs is 1. The Morgan fingerprint density at radius 1 is 1.19 bits per heavy atom. The molecule has 2 aliphatic rings. The van der Waals surface area contributed by atoms with Gasteiger partial charge in [0.15, 0.2) is 11.6 Å². The van der Waals surface area contributed by atoms with Crippen molar-refractivity contribution in [3.8, 4) is 0 Å². The minimum Gasteiger partial charge on any atom is -0.379 e. The Labute approximate surface area is 215 Å². The molecule has 37 heavy (non-hydrogen) atoms. The highest BCUT2D eigenvalue weighted by Gasteiger charge is 2.33. The smallest absolute Gasteiger partial charge is 0.252 e. The van der Waals surface area contributed by atoms with Gasteiger partial charge in [-0.2, -0.15) is 0 Å². The molecule has 3 N–H and O–H groups in total. The molecule has 3 aromatic heterocycles. The van der Waals surface area contributed by atoms with Gasteiger partial charge in [0.2, 0.25) is 5.95 Å². The number of carbonyl (C=O) groups excluding carboxylic acids is 1. The normalized spacial score (nSPS) is 21.9. The fourth-order valence-corrected chi connectivity index (χ4v) is 4.28. The standard InChI is InChI=1S/C26H32N8O3/c1-15-6-7-16(23(35)31-20-10-19(37-34-20)25(2,3)4)11-26(15,5)33-22-21-18(28-14-29-22)12-27-24(32-21)30-17-8-9-36-13-17/h6-7,10,12,14,17H,8-9,11,13H2,1-5H3,(H,27,30,32)(H,28,29,33)(H,31,34,35). The minimum atomic E-state index is -0.582. The van der Waals surface area contributed by atoms with E-state index in [0.29, 0.717) is 53.0 Å². The number of ether oxygens (including phenoxy) is 1. The van der Waals surface area contributed by atoms with Crippen LogP contribution in [0.25, 0.3) is 11.0 Å². The Kier molecular flexibility index (Phi) is 6.40.